The number of methoxy groups -OCH3 is 1. The molecule has 0 aliphatic carbocycles. The van der Waals surface area contributed by atoms with Crippen LogP contribution in [0.2, 0.25) is 5.02 Å². The quantitative estimate of drug-likeness (QED) is 0.481. The summed E-state index contributed by atoms with van der Waals surface area (Å²) in [6, 6.07) is 13.7. The largest absolute Gasteiger partial charge is 0.466 e. The molecule has 2 aromatic carbocycles. The Morgan fingerprint density at radius 1 is 1.14 bits per heavy atom. The number of rotatable bonds is 5. The van der Waals surface area contributed by atoms with Crippen LogP contribution in [0.3, 0.4) is 0 Å². The van der Waals surface area contributed by atoms with E-state index in [4.69, 9.17) is 16.3 Å². The van der Waals surface area contributed by atoms with Crippen molar-refractivity contribution in [2.75, 3.05) is 18.6 Å². The van der Waals surface area contributed by atoms with Crippen molar-refractivity contribution in [1.29, 1.82) is 0 Å². The number of amides is 1. The number of aromatic nitrogens is 1. The van der Waals surface area contributed by atoms with Crippen LogP contribution in [0.15, 0.2) is 69.6 Å². The van der Waals surface area contributed by atoms with E-state index in [0.29, 0.717) is 37.7 Å². The molecule has 1 amide bonds. The average Bonchev–Trinajstić information content (AvgIpc) is 3.34. The molecule has 0 saturated heterocycles. The SMILES string of the molecule is CCCCN1C(=O)/C(=c2\sc3n(c2=O)[C@H](c2ccccc2Cl)C(C(=O)OC)=C(C)N=3)c2ccccc21. The summed E-state index contributed by atoms with van der Waals surface area (Å²) in [6.45, 7) is 4.35. The van der Waals surface area contributed by atoms with E-state index in [-0.39, 0.29) is 11.5 Å². The highest BCUT2D eigenvalue weighted by atomic mass is 35.5. The molecule has 0 spiro atoms. The zero-order valence-corrected chi connectivity index (χ0v) is 21.7. The molecule has 1 aromatic heterocycles. The first-order chi connectivity index (χ1) is 17.4. The van der Waals surface area contributed by atoms with Crippen LogP contribution in [0.4, 0.5) is 5.69 Å². The number of fused-ring (bicyclic) bond motifs is 2. The summed E-state index contributed by atoms with van der Waals surface area (Å²) < 4.78 is 6.80. The van der Waals surface area contributed by atoms with E-state index in [2.05, 4.69) is 11.9 Å². The Hall–Kier alpha value is -3.49. The Bertz CT molecular complexity index is 1620. The van der Waals surface area contributed by atoms with Crippen molar-refractivity contribution in [2.45, 2.75) is 32.7 Å². The first-order valence-electron chi connectivity index (χ1n) is 11.7. The molecule has 2 aliphatic heterocycles. The maximum absolute atomic E-state index is 14.0. The van der Waals surface area contributed by atoms with Crippen LogP contribution in [0.5, 0.6) is 0 Å². The molecule has 5 rings (SSSR count). The molecule has 36 heavy (non-hydrogen) atoms. The first kappa shape index (κ1) is 24.2. The van der Waals surface area contributed by atoms with Crippen molar-refractivity contribution >= 4 is 46.1 Å². The summed E-state index contributed by atoms with van der Waals surface area (Å²) in [5.41, 5.74) is 2.74. The molecule has 0 radical (unpaired) electrons. The Morgan fingerprint density at radius 3 is 2.58 bits per heavy atom. The number of hydrogen-bond acceptors (Lipinski definition) is 6. The zero-order chi connectivity index (χ0) is 25.6. The molecule has 7 nitrogen and oxygen atoms in total. The maximum Gasteiger partial charge on any atom is 0.338 e. The van der Waals surface area contributed by atoms with E-state index in [1.165, 1.54) is 11.7 Å². The van der Waals surface area contributed by atoms with Gasteiger partial charge in [0.25, 0.3) is 11.5 Å². The van der Waals surface area contributed by atoms with Crippen LogP contribution >= 0.6 is 22.9 Å². The van der Waals surface area contributed by atoms with Gasteiger partial charge >= 0.3 is 5.97 Å². The molecule has 3 aromatic rings. The van der Waals surface area contributed by atoms with Crippen molar-refractivity contribution in [1.82, 2.24) is 4.57 Å². The number of anilines is 1. The highest BCUT2D eigenvalue weighted by molar-refractivity contribution is 7.07. The van der Waals surface area contributed by atoms with Gasteiger partial charge in [0, 0.05) is 17.1 Å². The number of benzene rings is 2. The topological polar surface area (TPSA) is 81.0 Å². The second kappa shape index (κ2) is 9.52. The van der Waals surface area contributed by atoms with Crippen LogP contribution < -0.4 is 19.8 Å². The molecule has 3 heterocycles. The summed E-state index contributed by atoms with van der Waals surface area (Å²) in [4.78, 5) is 47.2. The van der Waals surface area contributed by atoms with E-state index in [0.717, 1.165) is 35.4 Å². The first-order valence-corrected chi connectivity index (χ1v) is 12.9. The van der Waals surface area contributed by atoms with Gasteiger partial charge in [-0.3, -0.25) is 14.2 Å². The molecular formula is C27H24ClN3O4S. The number of esters is 1. The molecule has 9 heteroatoms. The van der Waals surface area contributed by atoms with E-state index < -0.39 is 17.6 Å². The molecule has 0 saturated carbocycles. The fourth-order valence-corrected chi connectivity index (χ4v) is 6.15. The molecule has 184 valence electrons. The van der Waals surface area contributed by atoms with Crippen molar-refractivity contribution in [2.24, 2.45) is 4.99 Å². The van der Waals surface area contributed by atoms with Crippen molar-refractivity contribution in [3.8, 4) is 0 Å². The van der Waals surface area contributed by atoms with Crippen molar-refractivity contribution in [3.63, 3.8) is 0 Å². The number of para-hydroxylation sites is 1. The molecule has 0 fully saturated rings. The van der Waals surface area contributed by atoms with Crippen LogP contribution in [-0.4, -0.2) is 30.1 Å². The second-order valence-electron chi connectivity index (χ2n) is 8.62. The highest BCUT2D eigenvalue weighted by Crippen LogP contribution is 2.36. The predicted molar refractivity (Wildman–Crippen MR) is 140 cm³/mol. The molecule has 1 atom stereocenters. The number of halogens is 1. The number of carbonyl (C=O) groups is 2. The second-order valence-corrected chi connectivity index (χ2v) is 10.0. The van der Waals surface area contributed by atoms with Gasteiger partial charge in [-0.05, 0) is 31.0 Å². The Labute approximate surface area is 216 Å². The molecule has 2 aliphatic rings. The highest BCUT2D eigenvalue weighted by Gasteiger charge is 2.37. The van der Waals surface area contributed by atoms with Crippen LogP contribution in [0, 0.1) is 0 Å². The lowest BCUT2D eigenvalue weighted by Gasteiger charge is -2.25. The van der Waals surface area contributed by atoms with Gasteiger partial charge in [-0.25, -0.2) is 9.79 Å². The zero-order valence-electron chi connectivity index (χ0n) is 20.1. The fourth-order valence-electron chi connectivity index (χ4n) is 4.77. The number of allylic oxidation sites excluding steroid dienone is 1. The lowest BCUT2D eigenvalue weighted by Crippen LogP contribution is -2.41. The standard InChI is InChI=1S/C27H24ClN3O4S/c1-4-5-14-30-19-13-9-7-11-17(19)21(24(30)32)23-25(33)31-22(16-10-6-8-12-18(16)28)20(26(34)35-3)15(2)29-27(31)36-23/h6-13,22H,4-5,14H2,1-3H3/b23-21-/t22-/m1/s1. The number of ether oxygens (including phenoxy) is 1. The number of nitrogens with zero attached hydrogens (tertiary/aromatic N) is 3. The van der Waals surface area contributed by atoms with E-state index in [9.17, 15) is 14.4 Å². The molecule has 0 N–H and O–H groups in total. The lowest BCUT2D eigenvalue weighted by molar-refractivity contribution is -0.136. The summed E-state index contributed by atoms with van der Waals surface area (Å²) in [5.74, 6) is -0.791. The van der Waals surface area contributed by atoms with E-state index in [1.807, 2.05) is 24.3 Å². The Morgan fingerprint density at radius 2 is 1.86 bits per heavy atom. The normalized spacial score (nSPS) is 18.2. The van der Waals surface area contributed by atoms with Gasteiger partial charge in [0.05, 0.1) is 29.6 Å². The average molecular weight is 522 g/mol. The van der Waals surface area contributed by atoms with Gasteiger partial charge in [0.15, 0.2) is 4.80 Å². The summed E-state index contributed by atoms with van der Waals surface area (Å²) in [6.07, 6.45) is 1.79. The minimum atomic E-state index is -0.834. The van der Waals surface area contributed by atoms with Crippen molar-refractivity contribution < 1.29 is 14.3 Å². The van der Waals surface area contributed by atoms with Crippen LogP contribution in [-0.2, 0) is 14.3 Å². The summed E-state index contributed by atoms with van der Waals surface area (Å²) >= 11 is 7.70. The van der Waals surface area contributed by atoms with Gasteiger partial charge < -0.3 is 9.64 Å². The Balaban J connectivity index is 1.82. The number of hydrogen-bond donors (Lipinski definition) is 0. The van der Waals surface area contributed by atoms with Gasteiger partial charge in [0.1, 0.15) is 10.6 Å². The number of carbonyl (C=O) groups excluding carboxylic acids is 2. The molecule has 0 unspecified atom stereocenters. The van der Waals surface area contributed by atoms with E-state index >= 15 is 0 Å². The third kappa shape index (κ3) is 3.72. The van der Waals surface area contributed by atoms with E-state index in [1.54, 1.807) is 36.1 Å². The summed E-state index contributed by atoms with van der Waals surface area (Å²) in [5, 5.41) is 0.407. The third-order valence-electron chi connectivity index (χ3n) is 6.49. The van der Waals surface area contributed by atoms with Gasteiger partial charge in [-0.2, -0.15) is 0 Å². The van der Waals surface area contributed by atoms with Gasteiger partial charge in [-0.1, -0.05) is 72.7 Å². The summed E-state index contributed by atoms with van der Waals surface area (Å²) in [7, 11) is 1.29. The van der Waals surface area contributed by atoms with Crippen LogP contribution in [0.1, 0.15) is 43.9 Å². The minimum Gasteiger partial charge on any atom is -0.466 e. The fraction of sp³-hybridized carbons (Fsp3) is 0.259. The van der Waals surface area contributed by atoms with Crippen LogP contribution in [0.25, 0.3) is 5.57 Å². The number of unbranched alkanes of at least 4 members (excludes halogenated alkanes) is 1. The predicted octanol–water partition coefficient (Wildman–Crippen LogP) is 3.58. The third-order valence-corrected chi connectivity index (χ3v) is 7.89. The maximum atomic E-state index is 14.0. The lowest BCUT2D eigenvalue weighted by atomic mass is 9.96. The molecule has 0 bridgehead atoms. The molecular weight excluding hydrogens is 498 g/mol. The monoisotopic (exact) mass is 521 g/mol. The van der Waals surface area contributed by atoms with Gasteiger partial charge in [0.2, 0.25) is 0 Å². The number of thiazole rings is 1. The smallest absolute Gasteiger partial charge is 0.338 e. The Kier molecular flexibility index (Phi) is 6.40. The minimum absolute atomic E-state index is 0.201. The van der Waals surface area contributed by atoms with Gasteiger partial charge in [-0.15, -0.1) is 0 Å². The van der Waals surface area contributed by atoms with Crippen molar-refractivity contribution in [3.05, 3.63) is 95.6 Å².